The van der Waals surface area contributed by atoms with Crippen molar-refractivity contribution in [2.24, 2.45) is 0 Å². The normalized spacial score (nSPS) is 10.9. The van der Waals surface area contributed by atoms with Gasteiger partial charge in [-0.3, -0.25) is 0 Å². The lowest BCUT2D eigenvalue weighted by atomic mass is 10.1. The third-order valence-electron chi connectivity index (χ3n) is 3.02. The molecule has 0 radical (unpaired) electrons. The Morgan fingerprint density at radius 1 is 1.25 bits per heavy atom. The summed E-state index contributed by atoms with van der Waals surface area (Å²) in [5.41, 5.74) is 2.61. The highest BCUT2D eigenvalue weighted by atomic mass is 16.5. The minimum Gasteiger partial charge on any atom is -0.497 e. The standard InChI is InChI=1S/C14H19NO/c1-3-4-5-6-11-10-15-14-8-7-12(16-2)9-13(11)14/h7-10,15H,3-6H2,1-2H3. The van der Waals surface area contributed by atoms with Gasteiger partial charge >= 0.3 is 0 Å². The Kier molecular flexibility index (Phi) is 3.50. The van der Waals surface area contributed by atoms with Crippen LogP contribution in [0.15, 0.2) is 24.4 Å². The summed E-state index contributed by atoms with van der Waals surface area (Å²) in [6.07, 6.45) is 7.11. The summed E-state index contributed by atoms with van der Waals surface area (Å²) >= 11 is 0. The van der Waals surface area contributed by atoms with Crippen LogP contribution < -0.4 is 4.74 Å². The molecular weight excluding hydrogens is 198 g/mol. The molecule has 1 aromatic heterocycles. The molecule has 16 heavy (non-hydrogen) atoms. The molecule has 2 heteroatoms. The molecule has 0 saturated heterocycles. The van der Waals surface area contributed by atoms with E-state index in [9.17, 15) is 0 Å². The number of benzene rings is 1. The van der Waals surface area contributed by atoms with Gasteiger partial charge in [0.25, 0.3) is 0 Å². The Balaban J connectivity index is 2.24. The Bertz CT molecular complexity index is 459. The van der Waals surface area contributed by atoms with Gasteiger partial charge < -0.3 is 9.72 Å². The summed E-state index contributed by atoms with van der Waals surface area (Å²) in [6.45, 7) is 2.23. The molecular formula is C14H19NO. The van der Waals surface area contributed by atoms with Crippen LogP contribution in [0.2, 0.25) is 0 Å². The van der Waals surface area contributed by atoms with Gasteiger partial charge in [0.15, 0.2) is 0 Å². The predicted octanol–water partition coefficient (Wildman–Crippen LogP) is 3.91. The van der Waals surface area contributed by atoms with Crippen LogP contribution >= 0.6 is 0 Å². The van der Waals surface area contributed by atoms with Crippen molar-refractivity contribution in [3.63, 3.8) is 0 Å². The quantitative estimate of drug-likeness (QED) is 0.755. The third-order valence-corrected chi connectivity index (χ3v) is 3.02. The molecule has 0 unspecified atom stereocenters. The van der Waals surface area contributed by atoms with Crippen molar-refractivity contribution in [1.82, 2.24) is 4.98 Å². The average molecular weight is 217 g/mol. The van der Waals surface area contributed by atoms with Gasteiger partial charge in [0.2, 0.25) is 0 Å². The molecule has 0 amide bonds. The highest BCUT2D eigenvalue weighted by molar-refractivity contribution is 5.84. The Hall–Kier alpha value is -1.44. The fourth-order valence-electron chi connectivity index (χ4n) is 2.06. The summed E-state index contributed by atoms with van der Waals surface area (Å²) in [4.78, 5) is 3.31. The van der Waals surface area contributed by atoms with E-state index in [0.29, 0.717) is 0 Å². The fraction of sp³-hybridized carbons (Fsp3) is 0.429. The number of fused-ring (bicyclic) bond motifs is 1. The smallest absolute Gasteiger partial charge is 0.119 e. The summed E-state index contributed by atoms with van der Waals surface area (Å²) in [6, 6.07) is 6.19. The molecule has 1 heterocycles. The lowest BCUT2D eigenvalue weighted by molar-refractivity contribution is 0.415. The molecule has 1 aromatic carbocycles. The summed E-state index contributed by atoms with van der Waals surface area (Å²) in [5, 5.41) is 1.30. The van der Waals surface area contributed by atoms with Crippen molar-refractivity contribution in [2.75, 3.05) is 7.11 Å². The van der Waals surface area contributed by atoms with Crippen LogP contribution in [-0.2, 0) is 6.42 Å². The van der Waals surface area contributed by atoms with E-state index in [-0.39, 0.29) is 0 Å². The minimum absolute atomic E-state index is 0.934. The fourth-order valence-corrected chi connectivity index (χ4v) is 2.06. The van der Waals surface area contributed by atoms with Gasteiger partial charge in [-0.1, -0.05) is 19.8 Å². The number of aromatic amines is 1. The van der Waals surface area contributed by atoms with E-state index in [1.165, 1.54) is 35.7 Å². The highest BCUT2D eigenvalue weighted by Gasteiger charge is 2.04. The van der Waals surface area contributed by atoms with Crippen molar-refractivity contribution >= 4 is 10.9 Å². The number of unbranched alkanes of at least 4 members (excludes halogenated alkanes) is 2. The first-order chi connectivity index (χ1) is 7.85. The predicted molar refractivity (Wildman–Crippen MR) is 68.1 cm³/mol. The van der Waals surface area contributed by atoms with E-state index >= 15 is 0 Å². The SMILES string of the molecule is CCCCCc1c[nH]c2ccc(OC)cc12. The number of H-pyrrole nitrogens is 1. The maximum Gasteiger partial charge on any atom is 0.119 e. The van der Waals surface area contributed by atoms with E-state index in [1.54, 1.807) is 7.11 Å². The zero-order valence-corrected chi connectivity index (χ0v) is 10.0. The Morgan fingerprint density at radius 3 is 2.88 bits per heavy atom. The zero-order valence-electron chi connectivity index (χ0n) is 10.0. The number of nitrogens with one attached hydrogen (secondary N) is 1. The van der Waals surface area contributed by atoms with E-state index in [2.05, 4.69) is 30.2 Å². The molecule has 0 aliphatic heterocycles. The molecule has 1 N–H and O–H groups in total. The van der Waals surface area contributed by atoms with Crippen molar-refractivity contribution in [2.45, 2.75) is 32.6 Å². The number of methoxy groups -OCH3 is 1. The van der Waals surface area contributed by atoms with Crippen LogP contribution in [0.1, 0.15) is 31.7 Å². The molecule has 0 aliphatic carbocycles. The first-order valence-electron chi connectivity index (χ1n) is 5.99. The molecule has 2 aromatic rings. The topological polar surface area (TPSA) is 25.0 Å². The van der Waals surface area contributed by atoms with Crippen molar-refractivity contribution in [1.29, 1.82) is 0 Å². The number of hydrogen-bond donors (Lipinski definition) is 1. The van der Waals surface area contributed by atoms with Crippen LogP contribution in [0.25, 0.3) is 10.9 Å². The molecule has 0 fully saturated rings. The van der Waals surface area contributed by atoms with Gasteiger partial charge in [-0.05, 0) is 36.6 Å². The second kappa shape index (κ2) is 5.06. The minimum atomic E-state index is 0.934. The third kappa shape index (κ3) is 2.21. The number of hydrogen-bond acceptors (Lipinski definition) is 1. The van der Waals surface area contributed by atoms with Crippen LogP contribution in [0.5, 0.6) is 5.75 Å². The van der Waals surface area contributed by atoms with E-state index < -0.39 is 0 Å². The summed E-state index contributed by atoms with van der Waals surface area (Å²) in [7, 11) is 1.71. The zero-order chi connectivity index (χ0) is 11.4. The van der Waals surface area contributed by atoms with Crippen molar-refractivity contribution in [3.05, 3.63) is 30.0 Å². The lowest BCUT2D eigenvalue weighted by Crippen LogP contribution is -1.85. The first kappa shape index (κ1) is 11.1. The average Bonchev–Trinajstić information content (AvgIpc) is 2.72. The van der Waals surface area contributed by atoms with Crippen LogP contribution in [0.3, 0.4) is 0 Å². The van der Waals surface area contributed by atoms with Crippen LogP contribution in [0.4, 0.5) is 0 Å². The number of ether oxygens (including phenoxy) is 1. The molecule has 0 bridgehead atoms. The Morgan fingerprint density at radius 2 is 2.12 bits per heavy atom. The van der Waals surface area contributed by atoms with E-state index in [4.69, 9.17) is 4.74 Å². The van der Waals surface area contributed by atoms with Gasteiger partial charge in [-0.2, -0.15) is 0 Å². The van der Waals surface area contributed by atoms with Gasteiger partial charge in [-0.15, -0.1) is 0 Å². The van der Waals surface area contributed by atoms with Crippen LogP contribution in [0, 0.1) is 0 Å². The molecule has 2 rings (SSSR count). The van der Waals surface area contributed by atoms with Crippen LogP contribution in [-0.4, -0.2) is 12.1 Å². The second-order valence-corrected chi connectivity index (χ2v) is 4.18. The maximum absolute atomic E-state index is 5.26. The monoisotopic (exact) mass is 217 g/mol. The second-order valence-electron chi connectivity index (χ2n) is 4.18. The number of aryl methyl sites for hydroxylation is 1. The van der Waals surface area contributed by atoms with Gasteiger partial charge in [0.05, 0.1) is 7.11 Å². The molecule has 0 aliphatic rings. The number of rotatable bonds is 5. The summed E-state index contributed by atoms with van der Waals surface area (Å²) in [5.74, 6) is 0.934. The largest absolute Gasteiger partial charge is 0.497 e. The highest BCUT2D eigenvalue weighted by Crippen LogP contribution is 2.24. The van der Waals surface area contributed by atoms with Crippen molar-refractivity contribution in [3.8, 4) is 5.75 Å². The van der Waals surface area contributed by atoms with E-state index in [0.717, 1.165) is 12.2 Å². The van der Waals surface area contributed by atoms with E-state index in [1.807, 2.05) is 6.07 Å². The first-order valence-corrected chi connectivity index (χ1v) is 5.99. The molecule has 0 atom stereocenters. The van der Waals surface area contributed by atoms with Gasteiger partial charge in [-0.25, -0.2) is 0 Å². The Labute approximate surface area is 96.6 Å². The lowest BCUT2D eigenvalue weighted by Gasteiger charge is -2.01. The van der Waals surface area contributed by atoms with Gasteiger partial charge in [0.1, 0.15) is 5.75 Å². The summed E-state index contributed by atoms with van der Waals surface area (Å²) < 4.78 is 5.26. The molecule has 0 spiro atoms. The number of aromatic nitrogens is 1. The maximum atomic E-state index is 5.26. The molecule has 2 nitrogen and oxygen atoms in total. The molecule has 86 valence electrons. The molecule has 0 saturated carbocycles. The van der Waals surface area contributed by atoms with Crippen molar-refractivity contribution < 1.29 is 4.74 Å². The van der Waals surface area contributed by atoms with Gasteiger partial charge in [0, 0.05) is 17.1 Å².